The summed E-state index contributed by atoms with van der Waals surface area (Å²) < 4.78 is 6.05. The summed E-state index contributed by atoms with van der Waals surface area (Å²) in [4.78, 5) is 12.6. The summed E-state index contributed by atoms with van der Waals surface area (Å²) >= 11 is 2.00. The lowest BCUT2D eigenvalue weighted by Crippen LogP contribution is -2.52. The molecule has 2 fully saturated rings. The van der Waals surface area contributed by atoms with Crippen LogP contribution in [-0.4, -0.2) is 35.0 Å². The largest absolute Gasteiger partial charge is 0.375 e. The van der Waals surface area contributed by atoms with Crippen molar-refractivity contribution in [3.63, 3.8) is 0 Å². The SMILES string of the molecule is CCCC(C)(N)C(=O)C1CCOC2(CCSCC2)C1. The summed E-state index contributed by atoms with van der Waals surface area (Å²) in [5.41, 5.74) is 5.55. The van der Waals surface area contributed by atoms with Crippen LogP contribution in [0.4, 0.5) is 0 Å². The number of hydrogen-bond acceptors (Lipinski definition) is 4. The van der Waals surface area contributed by atoms with E-state index in [4.69, 9.17) is 10.5 Å². The van der Waals surface area contributed by atoms with E-state index in [1.807, 2.05) is 18.7 Å². The molecule has 2 heterocycles. The van der Waals surface area contributed by atoms with E-state index in [-0.39, 0.29) is 17.3 Å². The first kappa shape index (κ1) is 15.3. The van der Waals surface area contributed by atoms with Crippen LogP contribution in [0.5, 0.6) is 0 Å². The predicted octanol–water partition coefficient (Wildman–Crippen LogP) is 2.77. The van der Waals surface area contributed by atoms with Crippen LogP contribution in [0.25, 0.3) is 0 Å². The number of carbonyl (C=O) groups is 1. The summed E-state index contributed by atoms with van der Waals surface area (Å²) in [5.74, 6) is 2.69. The van der Waals surface area contributed by atoms with Gasteiger partial charge in [-0.1, -0.05) is 13.3 Å². The topological polar surface area (TPSA) is 52.3 Å². The molecule has 4 heteroatoms. The van der Waals surface area contributed by atoms with Gasteiger partial charge < -0.3 is 10.5 Å². The van der Waals surface area contributed by atoms with Crippen LogP contribution in [0.2, 0.25) is 0 Å². The lowest BCUT2D eigenvalue weighted by molar-refractivity contribution is -0.142. The van der Waals surface area contributed by atoms with Crippen molar-refractivity contribution in [1.29, 1.82) is 0 Å². The number of Topliss-reactive ketones (excluding diaryl/α,β-unsaturated/α-hetero) is 1. The maximum atomic E-state index is 12.6. The van der Waals surface area contributed by atoms with Gasteiger partial charge in [0.05, 0.1) is 11.1 Å². The fraction of sp³-hybridized carbons (Fsp3) is 0.933. The minimum absolute atomic E-state index is 0.0217. The zero-order chi connectivity index (χ0) is 13.9. The summed E-state index contributed by atoms with van der Waals surface area (Å²) in [7, 11) is 0. The van der Waals surface area contributed by atoms with Crippen molar-refractivity contribution in [2.45, 2.75) is 63.5 Å². The van der Waals surface area contributed by atoms with Gasteiger partial charge in [-0.3, -0.25) is 4.79 Å². The molecule has 1 spiro atoms. The molecule has 0 aliphatic carbocycles. The molecule has 0 amide bonds. The van der Waals surface area contributed by atoms with Gasteiger partial charge in [-0.2, -0.15) is 11.8 Å². The Morgan fingerprint density at radius 2 is 2.16 bits per heavy atom. The molecule has 0 aromatic rings. The Bertz CT molecular complexity index is 319. The number of hydrogen-bond donors (Lipinski definition) is 1. The van der Waals surface area contributed by atoms with Crippen LogP contribution in [0.1, 0.15) is 52.4 Å². The number of thioether (sulfide) groups is 1. The van der Waals surface area contributed by atoms with Crippen LogP contribution in [-0.2, 0) is 9.53 Å². The molecule has 2 aliphatic rings. The van der Waals surface area contributed by atoms with Gasteiger partial charge in [-0.25, -0.2) is 0 Å². The second kappa shape index (κ2) is 6.15. The molecule has 2 rings (SSSR count). The number of carbonyl (C=O) groups excluding carboxylic acids is 1. The standard InChI is InChI=1S/C15H27NO2S/c1-3-5-14(2,16)13(17)12-4-8-18-15(11-12)6-9-19-10-7-15/h12H,3-11,16H2,1-2H3. The molecule has 0 aromatic heterocycles. The molecular weight excluding hydrogens is 258 g/mol. The number of rotatable bonds is 4. The summed E-state index contributed by atoms with van der Waals surface area (Å²) in [6, 6.07) is 0. The van der Waals surface area contributed by atoms with E-state index >= 15 is 0 Å². The summed E-state index contributed by atoms with van der Waals surface area (Å²) in [5, 5.41) is 0. The highest BCUT2D eigenvalue weighted by molar-refractivity contribution is 7.99. The molecule has 3 nitrogen and oxygen atoms in total. The molecule has 2 unspecified atom stereocenters. The Morgan fingerprint density at radius 3 is 2.79 bits per heavy atom. The Labute approximate surface area is 121 Å². The molecule has 0 radical (unpaired) electrons. The zero-order valence-electron chi connectivity index (χ0n) is 12.2. The van der Waals surface area contributed by atoms with Crippen molar-refractivity contribution in [1.82, 2.24) is 0 Å². The van der Waals surface area contributed by atoms with Crippen molar-refractivity contribution >= 4 is 17.5 Å². The van der Waals surface area contributed by atoms with Crippen molar-refractivity contribution in [2.75, 3.05) is 18.1 Å². The van der Waals surface area contributed by atoms with Crippen LogP contribution in [0, 0.1) is 5.92 Å². The minimum Gasteiger partial charge on any atom is -0.375 e. The summed E-state index contributed by atoms with van der Waals surface area (Å²) in [6.07, 6.45) is 5.68. The average molecular weight is 285 g/mol. The first-order chi connectivity index (χ1) is 8.99. The van der Waals surface area contributed by atoms with E-state index in [9.17, 15) is 4.79 Å². The predicted molar refractivity (Wildman–Crippen MR) is 80.5 cm³/mol. The van der Waals surface area contributed by atoms with Crippen LogP contribution in [0.15, 0.2) is 0 Å². The normalized spacial score (nSPS) is 29.9. The summed E-state index contributed by atoms with van der Waals surface area (Å²) in [6.45, 7) is 4.71. The number of ketones is 1. The van der Waals surface area contributed by atoms with Crippen molar-refractivity contribution in [3.8, 4) is 0 Å². The third-order valence-corrected chi connectivity index (χ3v) is 5.59. The third kappa shape index (κ3) is 3.53. The molecule has 2 aliphatic heterocycles. The van der Waals surface area contributed by atoms with Gasteiger partial charge in [0.2, 0.25) is 0 Å². The fourth-order valence-corrected chi connectivity index (χ4v) is 4.69. The second-order valence-electron chi connectivity index (χ2n) is 6.37. The van der Waals surface area contributed by atoms with Gasteiger partial charge in [0.15, 0.2) is 5.78 Å². The van der Waals surface area contributed by atoms with E-state index in [1.54, 1.807) is 0 Å². The van der Waals surface area contributed by atoms with Gasteiger partial charge in [-0.05, 0) is 50.5 Å². The van der Waals surface area contributed by atoms with Crippen LogP contribution in [0.3, 0.4) is 0 Å². The second-order valence-corrected chi connectivity index (χ2v) is 7.59. The Morgan fingerprint density at radius 1 is 1.47 bits per heavy atom. The van der Waals surface area contributed by atoms with Gasteiger partial charge in [0.25, 0.3) is 0 Å². The molecule has 110 valence electrons. The fourth-order valence-electron chi connectivity index (χ4n) is 3.45. The highest BCUT2D eigenvalue weighted by Gasteiger charge is 2.43. The zero-order valence-corrected chi connectivity index (χ0v) is 13.1. The Kier molecular flexibility index (Phi) is 4.96. The van der Waals surface area contributed by atoms with E-state index in [2.05, 4.69) is 6.92 Å². The van der Waals surface area contributed by atoms with Gasteiger partial charge >= 0.3 is 0 Å². The number of nitrogens with two attached hydrogens (primary N) is 1. The average Bonchev–Trinajstić information content (AvgIpc) is 2.39. The first-order valence-corrected chi connectivity index (χ1v) is 8.69. The lowest BCUT2D eigenvalue weighted by atomic mass is 9.75. The van der Waals surface area contributed by atoms with E-state index in [0.717, 1.165) is 56.6 Å². The van der Waals surface area contributed by atoms with Crippen molar-refractivity contribution in [3.05, 3.63) is 0 Å². The van der Waals surface area contributed by atoms with E-state index in [0.29, 0.717) is 0 Å². The first-order valence-electron chi connectivity index (χ1n) is 7.54. The van der Waals surface area contributed by atoms with Crippen molar-refractivity contribution < 1.29 is 9.53 Å². The Hall–Kier alpha value is -0.0600. The van der Waals surface area contributed by atoms with Gasteiger partial charge in [0, 0.05) is 12.5 Å². The third-order valence-electron chi connectivity index (χ3n) is 4.60. The maximum absolute atomic E-state index is 12.6. The highest BCUT2D eigenvalue weighted by atomic mass is 32.2. The molecule has 0 bridgehead atoms. The van der Waals surface area contributed by atoms with E-state index in [1.165, 1.54) is 0 Å². The lowest BCUT2D eigenvalue weighted by Gasteiger charge is -2.44. The number of ether oxygens (including phenoxy) is 1. The van der Waals surface area contributed by atoms with Gasteiger partial charge in [0.1, 0.15) is 0 Å². The molecule has 19 heavy (non-hydrogen) atoms. The Balaban J connectivity index is 2.02. The molecule has 2 saturated heterocycles. The maximum Gasteiger partial charge on any atom is 0.155 e. The van der Waals surface area contributed by atoms with Crippen molar-refractivity contribution in [2.24, 2.45) is 11.7 Å². The van der Waals surface area contributed by atoms with Gasteiger partial charge in [-0.15, -0.1) is 0 Å². The van der Waals surface area contributed by atoms with Crippen LogP contribution < -0.4 is 5.73 Å². The minimum atomic E-state index is -0.651. The van der Waals surface area contributed by atoms with Crippen LogP contribution >= 0.6 is 11.8 Å². The molecule has 2 atom stereocenters. The monoisotopic (exact) mass is 285 g/mol. The molecule has 2 N–H and O–H groups in total. The smallest absolute Gasteiger partial charge is 0.155 e. The molecule has 0 saturated carbocycles. The highest BCUT2D eigenvalue weighted by Crippen LogP contribution is 2.41. The van der Waals surface area contributed by atoms with E-state index < -0.39 is 5.54 Å². The molecular formula is C15H27NO2S. The molecule has 0 aromatic carbocycles. The quantitative estimate of drug-likeness (QED) is 0.863.